The molecule has 2 rings (SSSR count). The van der Waals surface area contributed by atoms with Crippen molar-refractivity contribution < 1.29 is 13.5 Å². The van der Waals surface area contributed by atoms with Crippen molar-refractivity contribution in [3.05, 3.63) is 46.9 Å². The van der Waals surface area contributed by atoms with Gasteiger partial charge in [-0.25, -0.2) is 18.7 Å². The molecule has 0 bridgehead atoms. The second-order valence-electron chi connectivity index (χ2n) is 3.55. The Morgan fingerprint density at radius 3 is 2.61 bits per heavy atom. The molecular weight excluding hydrogens is 262 g/mol. The third kappa shape index (κ3) is 2.80. The van der Waals surface area contributed by atoms with Crippen LogP contribution in [0.5, 0.6) is 0 Å². The zero-order valence-corrected chi connectivity index (χ0v) is 10.2. The van der Waals surface area contributed by atoms with Gasteiger partial charge in [0, 0.05) is 18.7 Å². The SMILES string of the molecule is COCc1nc(Cl)cc(-c2ccc(F)c(F)c2)n1. The Morgan fingerprint density at radius 1 is 1.17 bits per heavy atom. The van der Waals surface area contributed by atoms with Gasteiger partial charge in [-0.2, -0.15) is 0 Å². The molecule has 0 amide bonds. The monoisotopic (exact) mass is 270 g/mol. The van der Waals surface area contributed by atoms with Gasteiger partial charge in [-0.15, -0.1) is 0 Å². The van der Waals surface area contributed by atoms with Crippen LogP contribution in [0.1, 0.15) is 5.82 Å². The highest BCUT2D eigenvalue weighted by atomic mass is 35.5. The van der Waals surface area contributed by atoms with Gasteiger partial charge in [0.2, 0.25) is 0 Å². The molecule has 2 aromatic rings. The van der Waals surface area contributed by atoms with Crippen molar-refractivity contribution >= 4 is 11.6 Å². The Kier molecular flexibility index (Phi) is 3.84. The number of halogens is 3. The van der Waals surface area contributed by atoms with Crippen LogP contribution in [0.2, 0.25) is 5.15 Å². The first-order valence-corrected chi connectivity index (χ1v) is 5.46. The van der Waals surface area contributed by atoms with Gasteiger partial charge in [-0.3, -0.25) is 0 Å². The van der Waals surface area contributed by atoms with Gasteiger partial charge in [0.15, 0.2) is 17.5 Å². The van der Waals surface area contributed by atoms with Crippen LogP contribution in [0.15, 0.2) is 24.3 Å². The summed E-state index contributed by atoms with van der Waals surface area (Å²) in [5, 5.41) is 0.219. The first-order valence-electron chi connectivity index (χ1n) is 5.08. The molecule has 0 aliphatic carbocycles. The van der Waals surface area contributed by atoms with Crippen LogP contribution in [-0.4, -0.2) is 17.1 Å². The topological polar surface area (TPSA) is 35.0 Å². The lowest BCUT2D eigenvalue weighted by Crippen LogP contribution is -1.99. The van der Waals surface area contributed by atoms with Crippen molar-refractivity contribution in [3.63, 3.8) is 0 Å². The molecule has 1 aromatic carbocycles. The molecular formula is C12H9ClF2N2O. The zero-order valence-electron chi connectivity index (χ0n) is 9.45. The van der Waals surface area contributed by atoms with Gasteiger partial charge in [-0.1, -0.05) is 11.6 Å². The maximum absolute atomic E-state index is 13.1. The second-order valence-corrected chi connectivity index (χ2v) is 3.94. The summed E-state index contributed by atoms with van der Waals surface area (Å²) in [6.07, 6.45) is 0. The summed E-state index contributed by atoms with van der Waals surface area (Å²) in [5.41, 5.74) is 0.844. The van der Waals surface area contributed by atoms with Crippen molar-refractivity contribution in [2.24, 2.45) is 0 Å². The van der Waals surface area contributed by atoms with Crippen LogP contribution in [0, 0.1) is 11.6 Å². The van der Waals surface area contributed by atoms with Crippen LogP contribution in [0.3, 0.4) is 0 Å². The van der Waals surface area contributed by atoms with E-state index in [2.05, 4.69) is 9.97 Å². The van der Waals surface area contributed by atoms with E-state index < -0.39 is 11.6 Å². The summed E-state index contributed by atoms with van der Waals surface area (Å²) in [7, 11) is 1.50. The van der Waals surface area contributed by atoms with Crippen molar-refractivity contribution in [3.8, 4) is 11.3 Å². The van der Waals surface area contributed by atoms with Gasteiger partial charge >= 0.3 is 0 Å². The second kappa shape index (κ2) is 5.37. The number of hydrogen-bond donors (Lipinski definition) is 0. The number of benzene rings is 1. The smallest absolute Gasteiger partial charge is 0.159 e. The van der Waals surface area contributed by atoms with Crippen molar-refractivity contribution in [2.45, 2.75) is 6.61 Å². The van der Waals surface area contributed by atoms with Gasteiger partial charge in [0.1, 0.15) is 11.8 Å². The maximum Gasteiger partial charge on any atom is 0.159 e. The Bertz CT molecular complexity index is 578. The Morgan fingerprint density at radius 2 is 1.94 bits per heavy atom. The number of rotatable bonds is 3. The number of aromatic nitrogens is 2. The molecule has 1 aromatic heterocycles. The molecule has 0 unspecified atom stereocenters. The highest BCUT2D eigenvalue weighted by molar-refractivity contribution is 6.29. The Hall–Kier alpha value is -1.59. The fourth-order valence-corrected chi connectivity index (χ4v) is 1.66. The summed E-state index contributed by atoms with van der Waals surface area (Å²) >= 11 is 5.83. The fraction of sp³-hybridized carbons (Fsp3) is 0.167. The fourth-order valence-electron chi connectivity index (χ4n) is 1.46. The molecule has 0 spiro atoms. The molecule has 18 heavy (non-hydrogen) atoms. The van der Waals surface area contributed by atoms with Crippen LogP contribution < -0.4 is 0 Å². The number of nitrogens with zero attached hydrogens (tertiary/aromatic N) is 2. The van der Waals surface area contributed by atoms with Gasteiger partial charge in [-0.05, 0) is 18.2 Å². The molecule has 0 saturated heterocycles. The predicted molar refractivity (Wildman–Crippen MR) is 63.1 cm³/mol. The summed E-state index contributed by atoms with van der Waals surface area (Å²) in [6.45, 7) is 0.192. The van der Waals surface area contributed by atoms with Crippen molar-refractivity contribution in [2.75, 3.05) is 7.11 Å². The maximum atomic E-state index is 13.1. The third-order valence-corrected chi connectivity index (χ3v) is 2.42. The molecule has 0 N–H and O–H groups in total. The zero-order chi connectivity index (χ0) is 13.1. The van der Waals surface area contributed by atoms with E-state index in [4.69, 9.17) is 16.3 Å². The van der Waals surface area contributed by atoms with Crippen LogP contribution in [0.4, 0.5) is 8.78 Å². The quantitative estimate of drug-likeness (QED) is 0.803. The minimum Gasteiger partial charge on any atom is -0.377 e. The average Bonchev–Trinajstić information content (AvgIpc) is 2.32. The lowest BCUT2D eigenvalue weighted by molar-refractivity contribution is 0.178. The van der Waals surface area contributed by atoms with E-state index in [1.807, 2.05) is 0 Å². The molecule has 0 aliphatic heterocycles. The Balaban J connectivity index is 2.46. The summed E-state index contributed by atoms with van der Waals surface area (Å²) in [4.78, 5) is 8.11. The lowest BCUT2D eigenvalue weighted by atomic mass is 10.1. The van der Waals surface area contributed by atoms with Crippen molar-refractivity contribution in [1.82, 2.24) is 9.97 Å². The molecule has 1 heterocycles. The van der Waals surface area contributed by atoms with E-state index in [0.717, 1.165) is 12.1 Å². The van der Waals surface area contributed by atoms with Crippen LogP contribution in [-0.2, 0) is 11.3 Å². The number of ether oxygens (including phenoxy) is 1. The molecule has 6 heteroatoms. The van der Waals surface area contributed by atoms with E-state index in [1.165, 1.54) is 19.2 Å². The minimum absolute atomic E-state index is 0.192. The Labute approximate surface area is 107 Å². The van der Waals surface area contributed by atoms with E-state index >= 15 is 0 Å². The van der Waals surface area contributed by atoms with Gasteiger partial charge in [0.05, 0.1) is 5.69 Å². The lowest BCUT2D eigenvalue weighted by Gasteiger charge is -2.05. The van der Waals surface area contributed by atoms with E-state index in [-0.39, 0.29) is 11.8 Å². The van der Waals surface area contributed by atoms with E-state index in [1.54, 1.807) is 0 Å². The first kappa shape index (κ1) is 12.9. The normalized spacial score (nSPS) is 10.7. The predicted octanol–water partition coefficient (Wildman–Crippen LogP) is 3.22. The molecule has 0 aliphatic rings. The number of hydrogen-bond acceptors (Lipinski definition) is 3. The van der Waals surface area contributed by atoms with Crippen LogP contribution >= 0.6 is 11.6 Å². The molecule has 3 nitrogen and oxygen atoms in total. The number of methoxy groups -OCH3 is 1. The van der Waals surface area contributed by atoms with Gasteiger partial charge < -0.3 is 4.74 Å². The standard InChI is InChI=1S/C12H9ClF2N2O/c1-18-6-12-16-10(5-11(13)17-12)7-2-3-8(14)9(15)4-7/h2-5H,6H2,1H3. The molecule has 0 atom stereocenters. The highest BCUT2D eigenvalue weighted by Gasteiger charge is 2.08. The van der Waals surface area contributed by atoms with E-state index in [9.17, 15) is 8.78 Å². The highest BCUT2D eigenvalue weighted by Crippen LogP contribution is 2.22. The van der Waals surface area contributed by atoms with Crippen LogP contribution in [0.25, 0.3) is 11.3 Å². The third-order valence-electron chi connectivity index (χ3n) is 2.23. The summed E-state index contributed by atoms with van der Waals surface area (Å²) < 4.78 is 30.9. The van der Waals surface area contributed by atoms with Crippen molar-refractivity contribution in [1.29, 1.82) is 0 Å². The first-order chi connectivity index (χ1) is 8.60. The largest absolute Gasteiger partial charge is 0.377 e. The molecule has 0 fully saturated rings. The molecule has 0 radical (unpaired) electrons. The van der Waals surface area contributed by atoms with E-state index in [0.29, 0.717) is 17.1 Å². The average molecular weight is 271 g/mol. The van der Waals surface area contributed by atoms with Gasteiger partial charge in [0.25, 0.3) is 0 Å². The molecule has 94 valence electrons. The molecule has 0 saturated carbocycles. The minimum atomic E-state index is -0.935. The summed E-state index contributed by atoms with van der Waals surface area (Å²) in [5.74, 6) is -1.46. The summed E-state index contributed by atoms with van der Waals surface area (Å²) in [6, 6.07) is 5.00.